The van der Waals surface area contributed by atoms with Crippen LogP contribution in [0.3, 0.4) is 0 Å². The highest BCUT2D eigenvalue weighted by molar-refractivity contribution is 5.37. The summed E-state index contributed by atoms with van der Waals surface area (Å²) in [5.74, 6) is 0. The van der Waals surface area contributed by atoms with Gasteiger partial charge in [0.1, 0.15) is 6.10 Å². The van der Waals surface area contributed by atoms with Crippen molar-refractivity contribution in [2.75, 3.05) is 0 Å². The summed E-state index contributed by atoms with van der Waals surface area (Å²) < 4.78 is 4.74. The lowest BCUT2D eigenvalue weighted by Gasteiger charge is -2.17. The molecule has 1 saturated carbocycles. The Balaban J connectivity index is 2.38. The van der Waals surface area contributed by atoms with Crippen LogP contribution in [0.2, 0.25) is 0 Å². The highest BCUT2D eigenvalue weighted by atomic mass is 16.5. The second-order valence-electron chi connectivity index (χ2n) is 2.98. The van der Waals surface area contributed by atoms with Gasteiger partial charge in [0.2, 0.25) is 0 Å². The van der Waals surface area contributed by atoms with E-state index in [2.05, 4.69) is 0 Å². The van der Waals surface area contributed by atoms with Crippen molar-refractivity contribution < 1.29 is 14.6 Å². The van der Waals surface area contributed by atoms with Gasteiger partial charge in [-0.25, -0.2) is 0 Å². The maximum atomic E-state index is 10.00. The summed E-state index contributed by atoms with van der Waals surface area (Å²) in [6, 6.07) is 0. The number of ether oxygens (including phenoxy) is 1. The minimum Gasteiger partial charge on any atom is -0.462 e. The van der Waals surface area contributed by atoms with Gasteiger partial charge in [-0.15, -0.1) is 0 Å². The fourth-order valence-electron chi connectivity index (χ4n) is 1.48. The minimum absolute atomic E-state index is 0.255. The first-order valence-corrected chi connectivity index (χ1v) is 4.12. The first kappa shape index (κ1) is 8.53. The third-order valence-electron chi connectivity index (χ3n) is 2.15. The molecule has 0 amide bonds. The molecule has 3 nitrogen and oxygen atoms in total. The maximum Gasteiger partial charge on any atom is 0.293 e. The van der Waals surface area contributed by atoms with Crippen LogP contribution < -0.4 is 0 Å². The van der Waals surface area contributed by atoms with Crippen LogP contribution in [0.25, 0.3) is 0 Å². The molecule has 1 fully saturated rings. The molecule has 1 rings (SSSR count). The second-order valence-corrected chi connectivity index (χ2v) is 2.98. The highest BCUT2D eigenvalue weighted by Gasteiger charge is 2.22. The van der Waals surface area contributed by atoms with Crippen molar-refractivity contribution in [1.82, 2.24) is 0 Å². The molecule has 1 aliphatic carbocycles. The molecular formula is C8H14O3. The maximum absolute atomic E-state index is 10.00. The number of hydrogen-bond donors (Lipinski definition) is 1. The van der Waals surface area contributed by atoms with Crippen molar-refractivity contribution in [2.45, 2.75) is 44.3 Å². The van der Waals surface area contributed by atoms with Crippen LogP contribution in [0.1, 0.15) is 32.1 Å². The van der Waals surface area contributed by atoms with E-state index in [1.54, 1.807) is 0 Å². The standard InChI is InChI=1S/C8H14O3/c9-6-11-8-5-3-1-2-4-7(8)10/h6-8,10H,1-5H2. The number of aliphatic hydroxyl groups is 1. The van der Waals surface area contributed by atoms with Crippen LogP contribution in [0.15, 0.2) is 0 Å². The Hall–Kier alpha value is -0.570. The first-order valence-electron chi connectivity index (χ1n) is 4.12. The number of carbonyl (C=O) groups excluding carboxylic acids is 1. The zero-order valence-corrected chi connectivity index (χ0v) is 6.53. The van der Waals surface area contributed by atoms with E-state index >= 15 is 0 Å². The van der Waals surface area contributed by atoms with Gasteiger partial charge < -0.3 is 9.84 Å². The Kier molecular flexibility index (Phi) is 3.36. The van der Waals surface area contributed by atoms with Gasteiger partial charge >= 0.3 is 0 Å². The smallest absolute Gasteiger partial charge is 0.293 e. The molecule has 11 heavy (non-hydrogen) atoms. The minimum atomic E-state index is -0.442. The lowest BCUT2D eigenvalue weighted by Crippen LogP contribution is -2.27. The fraction of sp³-hybridized carbons (Fsp3) is 0.875. The Bertz CT molecular complexity index is 125. The topological polar surface area (TPSA) is 46.5 Å². The molecule has 0 aromatic carbocycles. The molecule has 0 saturated heterocycles. The molecule has 1 N–H and O–H groups in total. The summed E-state index contributed by atoms with van der Waals surface area (Å²) in [5.41, 5.74) is 0. The Morgan fingerprint density at radius 1 is 1.27 bits per heavy atom. The molecule has 0 aliphatic heterocycles. The van der Waals surface area contributed by atoms with E-state index in [0.29, 0.717) is 6.47 Å². The van der Waals surface area contributed by atoms with Crippen LogP contribution in [0, 0.1) is 0 Å². The van der Waals surface area contributed by atoms with Gasteiger partial charge in [-0.3, -0.25) is 4.79 Å². The molecule has 0 aromatic rings. The first-order chi connectivity index (χ1) is 5.34. The summed E-state index contributed by atoms with van der Waals surface area (Å²) in [5, 5.41) is 9.40. The van der Waals surface area contributed by atoms with Crippen LogP contribution in [-0.4, -0.2) is 23.8 Å². The fourth-order valence-corrected chi connectivity index (χ4v) is 1.48. The molecule has 0 spiro atoms. The van der Waals surface area contributed by atoms with Crippen molar-refractivity contribution in [2.24, 2.45) is 0 Å². The Morgan fingerprint density at radius 2 is 2.00 bits per heavy atom. The lowest BCUT2D eigenvalue weighted by atomic mass is 10.1. The van der Waals surface area contributed by atoms with Crippen molar-refractivity contribution in [3.63, 3.8) is 0 Å². The number of aliphatic hydroxyl groups excluding tert-OH is 1. The third-order valence-corrected chi connectivity index (χ3v) is 2.15. The van der Waals surface area contributed by atoms with E-state index in [1.165, 1.54) is 0 Å². The molecule has 0 bridgehead atoms. The Morgan fingerprint density at radius 3 is 2.73 bits per heavy atom. The van der Waals surface area contributed by atoms with Crippen LogP contribution in [0.4, 0.5) is 0 Å². The summed E-state index contributed by atoms with van der Waals surface area (Å²) in [6.07, 6.45) is 4.10. The van der Waals surface area contributed by atoms with Gasteiger partial charge in [-0.2, -0.15) is 0 Å². The molecule has 1 aliphatic rings. The largest absolute Gasteiger partial charge is 0.462 e. The summed E-state index contributed by atoms with van der Waals surface area (Å²) >= 11 is 0. The number of rotatable bonds is 2. The number of hydrogen-bond acceptors (Lipinski definition) is 3. The van der Waals surface area contributed by atoms with Crippen LogP contribution in [0.5, 0.6) is 0 Å². The van der Waals surface area contributed by atoms with Crippen molar-refractivity contribution >= 4 is 6.47 Å². The van der Waals surface area contributed by atoms with Crippen molar-refractivity contribution in [3.8, 4) is 0 Å². The van der Waals surface area contributed by atoms with Gasteiger partial charge in [0, 0.05) is 0 Å². The van der Waals surface area contributed by atoms with Crippen molar-refractivity contribution in [1.29, 1.82) is 0 Å². The highest BCUT2D eigenvalue weighted by Crippen LogP contribution is 2.19. The van der Waals surface area contributed by atoms with E-state index in [9.17, 15) is 9.90 Å². The van der Waals surface area contributed by atoms with Crippen molar-refractivity contribution in [3.05, 3.63) is 0 Å². The molecule has 0 heterocycles. The van der Waals surface area contributed by atoms with E-state index in [4.69, 9.17) is 4.74 Å². The molecule has 2 atom stereocenters. The van der Waals surface area contributed by atoms with Gasteiger partial charge in [0.05, 0.1) is 6.10 Å². The quantitative estimate of drug-likeness (QED) is 0.478. The van der Waals surface area contributed by atoms with Crippen LogP contribution in [-0.2, 0) is 9.53 Å². The van der Waals surface area contributed by atoms with Gasteiger partial charge in [0.25, 0.3) is 6.47 Å². The monoisotopic (exact) mass is 158 g/mol. The normalized spacial score (nSPS) is 32.5. The SMILES string of the molecule is O=COC1CCCCCC1O. The van der Waals surface area contributed by atoms with E-state index in [1.807, 2.05) is 0 Å². The van der Waals surface area contributed by atoms with Crippen LogP contribution >= 0.6 is 0 Å². The summed E-state index contributed by atoms with van der Waals surface area (Å²) in [7, 11) is 0. The molecular weight excluding hydrogens is 144 g/mol. The zero-order chi connectivity index (χ0) is 8.10. The molecule has 64 valence electrons. The average Bonchev–Trinajstić information content (AvgIpc) is 2.18. The molecule has 3 heteroatoms. The second kappa shape index (κ2) is 4.34. The zero-order valence-electron chi connectivity index (χ0n) is 6.53. The van der Waals surface area contributed by atoms with Gasteiger partial charge in [-0.1, -0.05) is 12.8 Å². The predicted octanol–water partition coefficient (Wildman–Crippen LogP) is 0.853. The Labute approximate surface area is 66.4 Å². The van der Waals surface area contributed by atoms with Gasteiger partial charge in [0.15, 0.2) is 0 Å². The lowest BCUT2D eigenvalue weighted by molar-refractivity contribution is -0.139. The summed E-state index contributed by atoms with van der Waals surface area (Å²) in [4.78, 5) is 10.00. The number of carbonyl (C=O) groups is 1. The third kappa shape index (κ3) is 2.50. The molecule has 0 aromatic heterocycles. The molecule has 0 radical (unpaired) electrons. The summed E-state index contributed by atoms with van der Waals surface area (Å²) in [6.45, 7) is 0.430. The average molecular weight is 158 g/mol. The molecule has 2 unspecified atom stereocenters. The predicted molar refractivity (Wildman–Crippen MR) is 40.0 cm³/mol. The van der Waals surface area contributed by atoms with E-state index in [0.717, 1.165) is 32.1 Å². The van der Waals surface area contributed by atoms with E-state index < -0.39 is 6.10 Å². The van der Waals surface area contributed by atoms with Gasteiger partial charge in [-0.05, 0) is 19.3 Å². The van der Waals surface area contributed by atoms with E-state index in [-0.39, 0.29) is 6.10 Å².